The fraction of sp³-hybridized carbons (Fsp3) is 0.500. The van der Waals surface area contributed by atoms with E-state index in [4.69, 9.17) is 11.6 Å². The fourth-order valence-electron chi connectivity index (χ4n) is 1.52. The van der Waals surface area contributed by atoms with Crippen molar-refractivity contribution in [3.8, 4) is 0 Å². The molecule has 1 aromatic rings. The van der Waals surface area contributed by atoms with Gasteiger partial charge < -0.3 is 5.32 Å². The highest BCUT2D eigenvalue weighted by atomic mass is 35.5. The molecule has 0 saturated heterocycles. The largest absolute Gasteiger partial charge is 0.384 e. The molecule has 0 aliphatic carbocycles. The average Bonchev–Trinajstić information content (AvgIpc) is 2.33. The van der Waals surface area contributed by atoms with E-state index < -0.39 is 19.7 Å². The Balaban J connectivity index is 3.26. The lowest BCUT2D eigenvalue weighted by molar-refractivity contribution is 0.600. The topological polar surface area (TPSA) is 80.3 Å². The van der Waals surface area contributed by atoms with E-state index in [0.29, 0.717) is 18.1 Å². The van der Waals surface area contributed by atoms with E-state index in [0.717, 1.165) is 12.5 Å². The van der Waals surface area contributed by atoms with Crippen LogP contribution in [0.2, 0.25) is 0 Å². The summed E-state index contributed by atoms with van der Waals surface area (Å²) in [6.45, 7) is 2.43. The van der Waals surface area contributed by atoms with Crippen LogP contribution in [0.5, 0.6) is 0 Å². The summed E-state index contributed by atoms with van der Waals surface area (Å²) in [7, 11) is -6.98. The van der Waals surface area contributed by atoms with Crippen LogP contribution in [0.1, 0.15) is 6.92 Å². The summed E-state index contributed by atoms with van der Waals surface area (Å²) in [6, 6.07) is 4.03. The zero-order valence-electron chi connectivity index (χ0n) is 11.6. The highest BCUT2D eigenvalue weighted by Gasteiger charge is 2.18. The predicted octanol–water partition coefficient (Wildman–Crippen LogP) is 1.78. The van der Waals surface area contributed by atoms with E-state index in [1.165, 1.54) is 18.2 Å². The van der Waals surface area contributed by atoms with Gasteiger partial charge in [-0.15, -0.1) is 11.6 Å². The quantitative estimate of drug-likeness (QED) is 0.799. The summed E-state index contributed by atoms with van der Waals surface area (Å²) in [6.07, 6.45) is 2.08. The van der Waals surface area contributed by atoms with E-state index in [1.807, 2.05) is 6.92 Å². The first kappa shape index (κ1) is 17.3. The van der Waals surface area contributed by atoms with Gasteiger partial charge >= 0.3 is 0 Å². The van der Waals surface area contributed by atoms with Crippen LogP contribution in [-0.4, -0.2) is 41.8 Å². The molecule has 20 heavy (non-hydrogen) atoms. The van der Waals surface area contributed by atoms with Gasteiger partial charge in [-0.2, -0.15) is 0 Å². The van der Waals surface area contributed by atoms with E-state index in [9.17, 15) is 16.8 Å². The molecule has 114 valence electrons. The van der Waals surface area contributed by atoms with Crippen molar-refractivity contribution in [3.63, 3.8) is 0 Å². The first-order valence-corrected chi connectivity index (χ1v) is 10.2. The van der Waals surface area contributed by atoms with Crippen molar-refractivity contribution < 1.29 is 16.8 Å². The Bertz CT molecular complexity index is 683. The Morgan fingerprint density at radius 2 is 1.75 bits per heavy atom. The first-order chi connectivity index (χ1) is 9.05. The highest BCUT2D eigenvalue weighted by Crippen LogP contribution is 2.25. The van der Waals surface area contributed by atoms with Crippen molar-refractivity contribution in [2.45, 2.75) is 16.7 Å². The maximum absolute atomic E-state index is 11.8. The molecule has 0 aliphatic rings. The number of anilines is 1. The molecule has 1 atom stereocenters. The lowest BCUT2D eigenvalue weighted by Gasteiger charge is -2.14. The number of nitrogens with one attached hydrogen (secondary N) is 1. The van der Waals surface area contributed by atoms with Crippen molar-refractivity contribution in [1.82, 2.24) is 0 Å². The molecule has 0 amide bonds. The lowest BCUT2D eigenvalue weighted by atomic mass is 10.2. The average molecular weight is 340 g/mol. The van der Waals surface area contributed by atoms with Crippen LogP contribution >= 0.6 is 11.6 Å². The van der Waals surface area contributed by atoms with Gasteiger partial charge in [0, 0.05) is 24.9 Å². The van der Waals surface area contributed by atoms with Gasteiger partial charge in [0.1, 0.15) is 0 Å². The number of alkyl halides is 1. The second-order valence-electron chi connectivity index (χ2n) is 4.84. The molecule has 0 bridgehead atoms. The molecule has 0 saturated carbocycles. The third-order valence-electron chi connectivity index (χ3n) is 2.69. The van der Waals surface area contributed by atoms with Gasteiger partial charge in [-0.25, -0.2) is 16.8 Å². The van der Waals surface area contributed by atoms with E-state index >= 15 is 0 Å². The van der Waals surface area contributed by atoms with Gasteiger partial charge in [0.2, 0.25) is 0 Å². The lowest BCUT2D eigenvalue weighted by Crippen LogP contribution is -2.15. The van der Waals surface area contributed by atoms with Gasteiger partial charge in [0.05, 0.1) is 15.5 Å². The monoisotopic (exact) mass is 339 g/mol. The maximum Gasteiger partial charge on any atom is 0.177 e. The highest BCUT2D eigenvalue weighted by molar-refractivity contribution is 7.91. The molecule has 1 aromatic carbocycles. The van der Waals surface area contributed by atoms with Crippen LogP contribution in [-0.2, 0) is 19.7 Å². The SMILES string of the molecule is CC(CCl)CNc1ccc(S(C)(=O)=O)cc1S(C)(=O)=O. The molecule has 0 heterocycles. The van der Waals surface area contributed by atoms with Crippen LogP contribution in [0.15, 0.2) is 28.0 Å². The molecule has 0 aromatic heterocycles. The van der Waals surface area contributed by atoms with E-state index in [1.54, 1.807) is 0 Å². The summed E-state index contributed by atoms with van der Waals surface area (Å²) in [5, 5.41) is 2.99. The molecule has 1 N–H and O–H groups in total. The molecule has 0 aliphatic heterocycles. The predicted molar refractivity (Wildman–Crippen MR) is 81.0 cm³/mol. The van der Waals surface area contributed by atoms with Crippen LogP contribution in [0.25, 0.3) is 0 Å². The smallest absolute Gasteiger partial charge is 0.177 e. The van der Waals surface area contributed by atoms with Crippen LogP contribution < -0.4 is 5.32 Å². The summed E-state index contributed by atoms with van der Waals surface area (Å²) < 4.78 is 46.6. The van der Waals surface area contributed by atoms with Crippen molar-refractivity contribution in [2.75, 3.05) is 30.3 Å². The molecular weight excluding hydrogens is 322 g/mol. The summed E-state index contributed by atoms with van der Waals surface area (Å²) in [4.78, 5) is -0.0453. The number of benzene rings is 1. The Kier molecular flexibility index (Phi) is 5.46. The number of hydrogen-bond donors (Lipinski definition) is 1. The zero-order chi connectivity index (χ0) is 15.6. The Morgan fingerprint density at radius 1 is 1.15 bits per heavy atom. The van der Waals surface area contributed by atoms with Crippen molar-refractivity contribution >= 4 is 37.0 Å². The molecule has 1 rings (SSSR count). The van der Waals surface area contributed by atoms with Gasteiger partial charge in [0.15, 0.2) is 19.7 Å². The molecular formula is C12H18ClNO4S2. The van der Waals surface area contributed by atoms with Crippen LogP contribution in [0.3, 0.4) is 0 Å². The normalized spacial score (nSPS) is 14.0. The van der Waals surface area contributed by atoms with E-state index in [-0.39, 0.29) is 15.7 Å². The van der Waals surface area contributed by atoms with Crippen molar-refractivity contribution in [2.24, 2.45) is 5.92 Å². The number of hydrogen-bond acceptors (Lipinski definition) is 5. The van der Waals surface area contributed by atoms with Crippen LogP contribution in [0, 0.1) is 5.92 Å². The Labute approximate surface area is 125 Å². The second-order valence-corrected chi connectivity index (χ2v) is 9.15. The minimum Gasteiger partial charge on any atom is -0.384 e. The fourth-order valence-corrected chi connectivity index (χ4v) is 3.24. The van der Waals surface area contributed by atoms with Gasteiger partial charge in [0.25, 0.3) is 0 Å². The van der Waals surface area contributed by atoms with Gasteiger partial charge in [-0.3, -0.25) is 0 Å². The third kappa shape index (κ3) is 4.64. The molecule has 1 unspecified atom stereocenters. The van der Waals surface area contributed by atoms with Crippen LogP contribution in [0.4, 0.5) is 5.69 Å². The molecule has 8 heteroatoms. The summed E-state index contributed by atoms with van der Waals surface area (Å²) in [5.74, 6) is 0.612. The minimum absolute atomic E-state index is 0.0196. The summed E-state index contributed by atoms with van der Waals surface area (Å²) in [5.41, 5.74) is 0.386. The molecule has 5 nitrogen and oxygen atoms in total. The zero-order valence-corrected chi connectivity index (χ0v) is 13.9. The van der Waals surface area contributed by atoms with E-state index in [2.05, 4.69) is 5.32 Å². The van der Waals surface area contributed by atoms with Crippen molar-refractivity contribution in [1.29, 1.82) is 0 Å². The molecule has 0 fully saturated rings. The Hall–Kier alpha value is -0.790. The molecule has 0 radical (unpaired) electrons. The standard InChI is InChI=1S/C12H18ClNO4S2/c1-9(7-13)8-14-11-5-4-10(19(2,15)16)6-12(11)20(3,17)18/h4-6,9,14H,7-8H2,1-3H3. The number of sulfone groups is 2. The van der Waals surface area contributed by atoms with Gasteiger partial charge in [-0.1, -0.05) is 6.92 Å². The molecule has 0 spiro atoms. The Morgan fingerprint density at radius 3 is 2.20 bits per heavy atom. The number of rotatable bonds is 6. The third-order valence-corrected chi connectivity index (χ3v) is 5.46. The van der Waals surface area contributed by atoms with Gasteiger partial charge in [-0.05, 0) is 24.1 Å². The van der Waals surface area contributed by atoms with Crippen molar-refractivity contribution in [3.05, 3.63) is 18.2 Å². The minimum atomic E-state index is -3.53. The summed E-state index contributed by atoms with van der Waals surface area (Å²) >= 11 is 5.70. The number of halogens is 1. The first-order valence-electron chi connectivity index (χ1n) is 5.89. The maximum atomic E-state index is 11.8. The second kappa shape index (κ2) is 6.32.